The van der Waals surface area contributed by atoms with Gasteiger partial charge in [-0.3, -0.25) is 0 Å². The Bertz CT molecular complexity index is 103. The Hall–Kier alpha value is 0. The highest BCUT2D eigenvalue weighted by atomic mass is 14.3. The van der Waals surface area contributed by atoms with Gasteiger partial charge in [0.2, 0.25) is 0 Å². The fraction of sp³-hybridized carbons (Fsp3) is 0.917. The fourth-order valence-corrected chi connectivity index (χ4v) is 1.83. The van der Waals surface area contributed by atoms with Crippen molar-refractivity contribution in [2.45, 2.75) is 54.4 Å². The van der Waals surface area contributed by atoms with Gasteiger partial charge in [0.25, 0.3) is 0 Å². The first-order chi connectivity index (χ1) is 5.49. The first-order valence-electron chi connectivity index (χ1n) is 5.29. The third-order valence-electron chi connectivity index (χ3n) is 2.80. The van der Waals surface area contributed by atoms with E-state index in [1.54, 1.807) is 5.92 Å². The lowest BCUT2D eigenvalue weighted by molar-refractivity contribution is 0.306. The Morgan fingerprint density at radius 2 is 1.58 bits per heavy atom. The molecule has 0 N–H and O–H groups in total. The molecule has 0 fully saturated rings. The van der Waals surface area contributed by atoms with E-state index in [0.717, 1.165) is 17.8 Å². The molecule has 0 saturated heterocycles. The second-order valence-electron chi connectivity index (χ2n) is 4.70. The normalized spacial score (nSPS) is 17.0. The molecule has 0 nitrogen and oxygen atoms in total. The van der Waals surface area contributed by atoms with Crippen molar-refractivity contribution in [3.63, 3.8) is 0 Å². The first-order valence-corrected chi connectivity index (χ1v) is 5.29. The van der Waals surface area contributed by atoms with Crippen molar-refractivity contribution in [1.82, 2.24) is 0 Å². The van der Waals surface area contributed by atoms with Gasteiger partial charge in [-0.2, -0.15) is 0 Å². The molecule has 0 rings (SSSR count). The minimum Gasteiger partial charge on any atom is -0.0651 e. The second-order valence-corrected chi connectivity index (χ2v) is 4.70. The molecule has 0 aromatic carbocycles. The summed E-state index contributed by atoms with van der Waals surface area (Å²) in [6.45, 7) is 13.9. The molecule has 0 aromatic heterocycles. The van der Waals surface area contributed by atoms with E-state index in [0.29, 0.717) is 0 Å². The molecular weight excluding hydrogens is 144 g/mol. The number of rotatable bonds is 5. The van der Waals surface area contributed by atoms with Gasteiger partial charge in [-0.15, -0.1) is 0 Å². The van der Waals surface area contributed by atoms with Gasteiger partial charge in [0.15, 0.2) is 0 Å². The molecule has 0 spiro atoms. The lowest BCUT2D eigenvalue weighted by Crippen LogP contribution is -2.18. The van der Waals surface area contributed by atoms with Crippen LogP contribution in [0.4, 0.5) is 0 Å². The molecule has 1 radical (unpaired) electrons. The van der Waals surface area contributed by atoms with Crippen LogP contribution in [0.2, 0.25) is 0 Å². The summed E-state index contributed by atoms with van der Waals surface area (Å²) >= 11 is 0. The summed E-state index contributed by atoms with van der Waals surface area (Å²) in [5.41, 5.74) is 0. The lowest BCUT2D eigenvalue weighted by atomic mass is 9.78. The van der Waals surface area contributed by atoms with Crippen LogP contribution in [0.3, 0.4) is 0 Å². The maximum absolute atomic E-state index is 2.38. The zero-order valence-electron chi connectivity index (χ0n) is 9.65. The van der Waals surface area contributed by atoms with Crippen molar-refractivity contribution >= 4 is 0 Å². The number of hydrogen-bond acceptors (Lipinski definition) is 0. The van der Waals surface area contributed by atoms with E-state index in [-0.39, 0.29) is 0 Å². The molecule has 2 unspecified atom stereocenters. The maximum atomic E-state index is 2.38. The quantitative estimate of drug-likeness (QED) is 0.575. The third-order valence-corrected chi connectivity index (χ3v) is 2.80. The molecule has 0 aromatic rings. The molecule has 0 aliphatic carbocycles. The summed E-state index contributed by atoms with van der Waals surface area (Å²) in [5.74, 6) is 4.14. The lowest BCUT2D eigenvalue weighted by Gasteiger charge is -2.27. The Labute approximate surface area is 78.8 Å². The standard InChI is InChI=1S/C12H25/c1-7-11(6)12(10(4)5)8-9(2)3/h9,11-12H,7-8H2,1-6H3. The van der Waals surface area contributed by atoms with E-state index in [1.165, 1.54) is 12.8 Å². The van der Waals surface area contributed by atoms with Crippen LogP contribution in [0.1, 0.15) is 54.4 Å². The molecular formula is C12H25. The summed E-state index contributed by atoms with van der Waals surface area (Å²) in [7, 11) is 0. The van der Waals surface area contributed by atoms with Crippen molar-refractivity contribution in [1.29, 1.82) is 0 Å². The van der Waals surface area contributed by atoms with Crippen LogP contribution >= 0.6 is 0 Å². The van der Waals surface area contributed by atoms with Gasteiger partial charge in [0.05, 0.1) is 0 Å². The summed E-state index contributed by atoms with van der Waals surface area (Å²) in [6, 6.07) is 0. The minimum atomic E-state index is 0.832. The van der Waals surface area contributed by atoms with Gasteiger partial charge in [-0.1, -0.05) is 48.0 Å². The highest BCUT2D eigenvalue weighted by Crippen LogP contribution is 2.30. The molecule has 2 atom stereocenters. The number of hydrogen-bond donors (Lipinski definition) is 0. The van der Waals surface area contributed by atoms with Gasteiger partial charge in [0, 0.05) is 0 Å². The molecule has 0 heterocycles. The monoisotopic (exact) mass is 169 g/mol. The average Bonchev–Trinajstić information content (AvgIpc) is 1.98. The summed E-state index contributed by atoms with van der Waals surface area (Å²) in [5, 5.41) is 0. The molecule has 12 heavy (non-hydrogen) atoms. The van der Waals surface area contributed by atoms with Crippen LogP contribution in [0.5, 0.6) is 0 Å². The van der Waals surface area contributed by atoms with Gasteiger partial charge in [-0.05, 0) is 30.1 Å². The minimum absolute atomic E-state index is 0.832. The van der Waals surface area contributed by atoms with E-state index in [4.69, 9.17) is 0 Å². The molecule has 0 aliphatic rings. The first kappa shape index (κ1) is 12.0. The van der Waals surface area contributed by atoms with E-state index in [2.05, 4.69) is 41.5 Å². The van der Waals surface area contributed by atoms with Crippen LogP contribution < -0.4 is 0 Å². The zero-order valence-corrected chi connectivity index (χ0v) is 9.65. The van der Waals surface area contributed by atoms with Crippen LogP contribution in [0.25, 0.3) is 0 Å². The van der Waals surface area contributed by atoms with Crippen LogP contribution in [-0.2, 0) is 0 Å². The van der Waals surface area contributed by atoms with Gasteiger partial charge >= 0.3 is 0 Å². The van der Waals surface area contributed by atoms with E-state index >= 15 is 0 Å². The fourth-order valence-electron chi connectivity index (χ4n) is 1.83. The average molecular weight is 169 g/mol. The van der Waals surface area contributed by atoms with E-state index in [9.17, 15) is 0 Å². The highest BCUT2D eigenvalue weighted by molar-refractivity contribution is 4.89. The third kappa shape index (κ3) is 4.13. The van der Waals surface area contributed by atoms with Crippen LogP contribution in [-0.4, -0.2) is 0 Å². The highest BCUT2D eigenvalue weighted by Gasteiger charge is 2.20. The van der Waals surface area contributed by atoms with Crippen molar-refractivity contribution in [2.24, 2.45) is 17.8 Å². The molecule has 0 aliphatic heterocycles. The molecule has 0 bridgehead atoms. The van der Waals surface area contributed by atoms with Crippen molar-refractivity contribution in [3.05, 3.63) is 5.92 Å². The van der Waals surface area contributed by atoms with Gasteiger partial charge in [0.1, 0.15) is 0 Å². The smallest absolute Gasteiger partial charge is 0.0269 e. The van der Waals surface area contributed by atoms with Crippen molar-refractivity contribution in [2.75, 3.05) is 0 Å². The van der Waals surface area contributed by atoms with E-state index in [1.807, 2.05) is 0 Å². The van der Waals surface area contributed by atoms with Crippen molar-refractivity contribution < 1.29 is 0 Å². The van der Waals surface area contributed by atoms with E-state index < -0.39 is 0 Å². The molecule has 0 saturated carbocycles. The second kappa shape index (κ2) is 5.61. The SMILES string of the molecule is CCC(C)C(CC(C)C)[C](C)C. The predicted octanol–water partition coefficient (Wildman–Crippen LogP) is 4.31. The van der Waals surface area contributed by atoms with Crippen LogP contribution in [0.15, 0.2) is 0 Å². The Kier molecular flexibility index (Phi) is 5.61. The largest absolute Gasteiger partial charge is 0.0651 e. The van der Waals surface area contributed by atoms with Gasteiger partial charge < -0.3 is 0 Å². The Morgan fingerprint density at radius 3 is 1.83 bits per heavy atom. The predicted molar refractivity (Wildman–Crippen MR) is 57.0 cm³/mol. The Balaban J connectivity index is 4.03. The Morgan fingerprint density at radius 1 is 1.08 bits per heavy atom. The molecule has 73 valence electrons. The molecule has 0 amide bonds. The van der Waals surface area contributed by atoms with Crippen molar-refractivity contribution in [3.8, 4) is 0 Å². The van der Waals surface area contributed by atoms with Crippen LogP contribution in [0, 0.1) is 23.7 Å². The summed E-state index contributed by atoms with van der Waals surface area (Å²) in [4.78, 5) is 0. The van der Waals surface area contributed by atoms with Gasteiger partial charge in [-0.25, -0.2) is 0 Å². The molecule has 0 heteroatoms. The summed E-state index contributed by atoms with van der Waals surface area (Å²) < 4.78 is 0. The zero-order chi connectivity index (χ0) is 9.72. The topological polar surface area (TPSA) is 0 Å². The summed E-state index contributed by atoms with van der Waals surface area (Å²) in [6.07, 6.45) is 2.67. The maximum Gasteiger partial charge on any atom is -0.0269 e.